The van der Waals surface area contributed by atoms with Crippen molar-refractivity contribution in [3.05, 3.63) is 59.4 Å². The highest BCUT2D eigenvalue weighted by Crippen LogP contribution is 2.13. The molecule has 0 bridgehead atoms. The minimum Gasteiger partial charge on any atom is -0.462 e. The van der Waals surface area contributed by atoms with Crippen LogP contribution < -0.4 is 5.32 Å². The zero-order chi connectivity index (χ0) is 25.7. The molecular formula is C32H46N2O2. The van der Waals surface area contributed by atoms with Gasteiger partial charge in [-0.15, -0.1) is 11.8 Å². The Morgan fingerprint density at radius 1 is 0.806 bits per heavy atom. The van der Waals surface area contributed by atoms with Crippen LogP contribution in [0.15, 0.2) is 42.5 Å². The van der Waals surface area contributed by atoms with Crippen LogP contribution in [0.2, 0.25) is 0 Å². The van der Waals surface area contributed by atoms with Crippen LogP contribution in [0.25, 0.3) is 0 Å². The number of anilines is 1. The molecule has 4 nitrogen and oxygen atoms in total. The minimum absolute atomic E-state index is 0.257. The van der Waals surface area contributed by atoms with Gasteiger partial charge in [-0.25, -0.2) is 4.79 Å². The first-order valence-corrected chi connectivity index (χ1v) is 14.1. The Labute approximate surface area is 219 Å². The Kier molecular flexibility index (Phi) is 15.9. The van der Waals surface area contributed by atoms with E-state index in [0.717, 1.165) is 43.6 Å². The molecule has 2 aromatic rings. The van der Waals surface area contributed by atoms with Gasteiger partial charge in [0.1, 0.15) is 0 Å². The third-order valence-electron chi connectivity index (χ3n) is 6.26. The smallest absolute Gasteiger partial charge is 0.338 e. The molecule has 0 spiro atoms. The van der Waals surface area contributed by atoms with E-state index in [-0.39, 0.29) is 5.97 Å². The molecule has 36 heavy (non-hydrogen) atoms. The molecule has 0 saturated carbocycles. The van der Waals surface area contributed by atoms with Crippen LogP contribution in [0.5, 0.6) is 0 Å². The zero-order valence-electron chi connectivity index (χ0n) is 22.6. The highest BCUT2D eigenvalue weighted by atomic mass is 16.5. The first kappa shape index (κ1) is 29.4. The average Bonchev–Trinajstić information content (AvgIpc) is 2.88. The number of carbonyl (C=O) groups is 1. The lowest BCUT2D eigenvalue weighted by atomic mass is 10.1. The number of ether oxygens (including phenoxy) is 1. The van der Waals surface area contributed by atoms with Crippen molar-refractivity contribution in [1.82, 2.24) is 4.98 Å². The maximum Gasteiger partial charge on any atom is 0.338 e. The van der Waals surface area contributed by atoms with Gasteiger partial charge in [0.05, 0.1) is 12.2 Å². The Hall–Kier alpha value is -2.80. The first-order valence-electron chi connectivity index (χ1n) is 14.1. The van der Waals surface area contributed by atoms with Gasteiger partial charge in [-0.3, -0.25) is 4.98 Å². The molecule has 0 fully saturated rings. The van der Waals surface area contributed by atoms with Gasteiger partial charge in [-0.1, -0.05) is 57.4 Å². The minimum atomic E-state index is -0.257. The topological polar surface area (TPSA) is 51.2 Å². The van der Waals surface area contributed by atoms with Crippen LogP contribution in [-0.2, 0) is 11.2 Å². The molecule has 196 valence electrons. The van der Waals surface area contributed by atoms with Gasteiger partial charge in [0.15, 0.2) is 0 Å². The standard InChI is InChI=1S/C32H46N2O2/c1-3-36-32(35)29-23-25-30(26-24-29)33-27-18-16-14-12-10-8-6-4-5-7-9-11-13-15-17-21-31-22-19-20-28(2)34-31/h19-20,22-26,33H,3-10,12,14-18,21,27H2,1-2H3. The van der Waals surface area contributed by atoms with Crippen molar-refractivity contribution in [2.45, 2.75) is 104 Å². The Bertz CT molecular complexity index is 912. The van der Waals surface area contributed by atoms with E-state index >= 15 is 0 Å². The summed E-state index contributed by atoms with van der Waals surface area (Å²) in [5.41, 5.74) is 3.95. The second-order valence-electron chi connectivity index (χ2n) is 9.49. The second-order valence-corrected chi connectivity index (χ2v) is 9.49. The maximum atomic E-state index is 11.7. The number of rotatable bonds is 18. The third-order valence-corrected chi connectivity index (χ3v) is 6.26. The van der Waals surface area contributed by atoms with E-state index in [1.807, 2.05) is 44.2 Å². The summed E-state index contributed by atoms with van der Waals surface area (Å²) in [7, 11) is 0. The normalized spacial score (nSPS) is 10.5. The number of esters is 1. The van der Waals surface area contributed by atoms with E-state index in [1.165, 1.54) is 69.9 Å². The number of hydrogen-bond acceptors (Lipinski definition) is 4. The van der Waals surface area contributed by atoms with Crippen molar-refractivity contribution >= 4 is 11.7 Å². The van der Waals surface area contributed by atoms with Gasteiger partial charge < -0.3 is 10.1 Å². The van der Waals surface area contributed by atoms with Gasteiger partial charge in [-0.05, 0) is 75.9 Å². The van der Waals surface area contributed by atoms with E-state index in [2.05, 4.69) is 34.3 Å². The quantitative estimate of drug-likeness (QED) is 0.130. The van der Waals surface area contributed by atoms with Gasteiger partial charge >= 0.3 is 5.97 Å². The number of nitrogens with zero attached hydrogens (tertiary/aromatic N) is 1. The van der Waals surface area contributed by atoms with Crippen LogP contribution in [0, 0.1) is 18.8 Å². The zero-order valence-corrected chi connectivity index (χ0v) is 22.6. The maximum absolute atomic E-state index is 11.7. The summed E-state index contributed by atoms with van der Waals surface area (Å²) < 4.78 is 5.01. The fourth-order valence-electron chi connectivity index (χ4n) is 4.20. The number of unbranched alkanes of at least 4 members (excludes halogenated alkanes) is 11. The summed E-state index contributed by atoms with van der Waals surface area (Å²) in [5, 5.41) is 3.44. The number of aryl methyl sites for hydroxylation is 2. The first-order chi connectivity index (χ1) is 17.7. The molecule has 0 amide bonds. The van der Waals surface area contributed by atoms with Crippen molar-refractivity contribution in [2.24, 2.45) is 0 Å². The molecule has 0 atom stereocenters. The van der Waals surface area contributed by atoms with Gasteiger partial charge in [0.2, 0.25) is 0 Å². The van der Waals surface area contributed by atoms with Gasteiger partial charge in [0, 0.05) is 36.5 Å². The van der Waals surface area contributed by atoms with E-state index in [0.29, 0.717) is 12.2 Å². The van der Waals surface area contributed by atoms with Crippen LogP contribution in [0.1, 0.15) is 112 Å². The molecule has 0 unspecified atom stereocenters. The molecule has 0 saturated heterocycles. The Balaban J connectivity index is 1.32. The largest absolute Gasteiger partial charge is 0.462 e. The number of benzene rings is 1. The molecular weight excluding hydrogens is 444 g/mol. The van der Waals surface area contributed by atoms with Crippen LogP contribution in [-0.4, -0.2) is 24.1 Å². The second kappa shape index (κ2) is 19.4. The Morgan fingerprint density at radius 2 is 1.42 bits per heavy atom. The average molecular weight is 491 g/mol. The molecule has 0 aliphatic heterocycles. The monoisotopic (exact) mass is 490 g/mol. The number of hydrogen-bond donors (Lipinski definition) is 1. The summed E-state index contributed by atoms with van der Waals surface area (Å²) in [6.07, 6.45) is 17.3. The lowest BCUT2D eigenvalue weighted by molar-refractivity contribution is 0.0526. The summed E-state index contributed by atoms with van der Waals surface area (Å²) in [5.74, 6) is 6.42. The molecule has 4 heteroatoms. The molecule has 2 rings (SSSR count). The molecule has 1 aromatic carbocycles. The van der Waals surface area contributed by atoms with Gasteiger partial charge in [-0.2, -0.15) is 0 Å². The fourth-order valence-corrected chi connectivity index (χ4v) is 4.20. The Morgan fingerprint density at radius 3 is 2.06 bits per heavy atom. The summed E-state index contributed by atoms with van der Waals surface area (Å²) in [6.45, 7) is 5.25. The molecule has 1 heterocycles. The number of nitrogens with one attached hydrogen (secondary N) is 1. The van der Waals surface area contributed by atoms with Gasteiger partial charge in [0.25, 0.3) is 0 Å². The van der Waals surface area contributed by atoms with Crippen LogP contribution in [0.3, 0.4) is 0 Å². The summed E-state index contributed by atoms with van der Waals surface area (Å²) >= 11 is 0. The number of carbonyl (C=O) groups excluding carboxylic acids is 1. The molecule has 0 radical (unpaired) electrons. The highest BCUT2D eigenvalue weighted by molar-refractivity contribution is 5.89. The molecule has 0 aliphatic rings. The van der Waals surface area contributed by atoms with Crippen LogP contribution >= 0.6 is 0 Å². The van der Waals surface area contributed by atoms with Crippen molar-refractivity contribution in [3.8, 4) is 11.8 Å². The molecule has 1 N–H and O–H groups in total. The predicted octanol–water partition coefficient (Wildman–Crippen LogP) is 8.30. The van der Waals surface area contributed by atoms with E-state index in [1.54, 1.807) is 0 Å². The third kappa shape index (κ3) is 13.9. The van der Waals surface area contributed by atoms with Crippen molar-refractivity contribution in [2.75, 3.05) is 18.5 Å². The highest BCUT2D eigenvalue weighted by Gasteiger charge is 2.05. The predicted molar refractivity (Wildman–Crippen MR) is 151 cm³/mol. The SMILES string of the molecule is CCOC(=O)c1ccc(NCCCCCCCCCCCCC#CCCCc2cccc(C)n2)cc1. The number of aromatic nitrogens is 1. The summed E-state index contributed by atoms with van der Waals surface area (Å²) in [6, 6.07) is 13.8. The fraction of sp³-hybridized carbons (Fsp3) is 0.562. The van der Waals surface area contributed by atoms with E-state index in [9.17, 15) is 4.79 Å². The molecule has 1 aromatic heterocycles. The summed E-state index contributed by atoms with van der Waals surface area (Å²) in [4.78, 5) is 16.2. The van der Waals surface area contributed by atoms with E-state index < -0.39 is 0 Å². The van der Waals surface area contributed by atoms with Crippen molar-refractivity contribution in [1.29, 1.82) is 0 Å². The lowest BCUT2D eigenvalue weighted by Crippen LogP contribution is -2.05. The van der Waals surface area contributed by atoms with Crippen LogP contribution in [0.4, 0.5) is 5.69 Å². The van der Waals surface area contributed by atoms with Crippen molar-refractivity contribution < 1.29 is 9.53 Å². The van der Waals surface area contributed by atoms with Crippen molar-refractivity contribution in [3.63, 3.8) is 0 Å². The number of pyridine rings is 1. The lowest BCUT2D eigenvalue weighted by Gasteiger charge is -2.07. The molecule has 0 aliphatic carbocycles. The van der Waals surface area contributed by atoms with E-state index in [4.69, 9.17) is 4.74 Å².